The minimum absolute atomic E-state index is 0. The van der Waals surface area contributed by atoms with E-state index in [0.717, 1.165) is 11.2 Å². The molecule has 8 rings (SSSR count). The minimum Gasteiger partial charge on any atom is -0.397 e. The molecule has 0 saturated heterocycles. The third-order valence-electron chi connectivity index (χ3n) is 8.00. The number of fused-ring (bicyclic) bond motifs is 4. The van der Waals surface area contributed by atoms with E-state index in [1.807, 2.05) is 55.2 Å². The molecule has 0 spiro atoms. The van der Waals surface area contributed by atoms with Crippen molar-refractivity contribution in [1.82, 2.24) is 73.1 Å². The molecule has 0 radical (unpaired) electrons. The smallest absolute Gasteiger partial charge is 0.280 e. The van der Waals surface area contributed by atoms with Crippen LogP contribution in [0.5, 0.6) is 0 Å². The summed E-state index contributed by atoms with van der Waals surface area (Å²) < 4.78 is 7.58. The van der Waals surface area contributed by atoms with Crippen LogP contribution in [0, 0.1) is 0 Å². The van der Waals surface area contributed by atoms with E-state index in [1.54, 1.807) is 42.1 Å². The van der Waals surface area contributed by atoms with E-state index in [-0.39, 0.29) is 48.6 Å². The molecule has 0 fully saturated rings. The molecular weight excluding hydrogens is 707 g/mol. The number of imidazole rings is 4. The van der Waals surface area contributed by atoms with Crippen LogP contribution < -0.4 is 34.1 Å². The van der Waals surface area contributed by atoms with Crippen molar-refractivity contribution in [3.05, 3.63) is 64.6 Å². The van der Waals surface area contributed by atoms with Crippen molar-refractivity contribution >= 4 is 68.1 Å². The average Bonchev–Trinajstić information content (AvgIpc) is 3.90. The van der Waals surface area contributed by atoms with E-state index >= 15 is 0 Å². The van der Waals surface area contributed by atoms with Crippen molar-refractivity contribution in [3.63, 3.8) is 0 Å². The number of aromatic amines is 2. The van der Waals surface area contributed by atoms with Crippen molar-refractivity contribution in [2.75, 3.05) is 22.9 Å². The van der Waals surface area contributed by atoms with Gasteiger partial charge in [-0.15, -0.1) is 0 Å². The van der Waals surface area contributed by atoms with Gasteiger partial charge in [-0.1, -0.05) is 7.43 Å². The summed E-state index contributed by atoms with van der Waals surface area (Å²) in [6.45, 7) is 16.3. The SMILES string of the molecule is C.CC(C)n1cnc2c(=O)[nH]c(N)nc21.CC(C)n1cnc2c(=O)[nH]cnc21.CC(C)n1cnc2c(N)ccnc21.CC(C)n1cnc2c(N)nc(N)nc21. The molecule has 0 saturated carbocycles. The van der Waals surface area contributed by atoms with Crippen LogP contribution in [0.15, 0.2) is 53.5 Å². The number of aromatic nitrogens is 15. The second-order valence-electron chi connectivity index (χ2n) is 13.2. The molecule has 0 atom stereocenters. The van der Waals surface area contributed by atoms with Gasteiger partial charge in [-0.05, 0) is 61.5 Å². The Morgan fingerprint density at radius 1 is 0.545 bits per heavy atom. The highest BCUT2D eigenvalue weighted by Crippen LogP contribution is 2.21. The van der Waals surface area contributed by atoms with Gasteiger partial charge in [0.15, 0.2) is 39.4 Å². The fourth-order valence-corrected chi connectivity index (χ4v) is 5.23. The zero-order valence-electron chi connectivity index (χ0n) is 31.3. The van der Waals surface area contributed by atoms with Gasteiger partial charge in [-0.3, -0.25) is 14.6 Å². The van der Waals surface area contributed by atoms with Gasteiger partial charge in [0.05, 0.1) is 37.3 Å². The lowest BCUT2D eigenvalue weighted by Gasteiger charge is -2.06. The summed E-state index contributed by atoms with van der Waals surface area (Å²) >= 11 is 0. The van der Waals surface area contributed by atoms with E-state index in [9.17, 15) is 9.59 Å². The fourth-order valence-electron chi connectivity index (χ4n) is 5.23. The minimum atomic E-state index is -0.299. The number of nitrogens with one attached hydrogen (secondary N) is 2. The van der Waals surface area contributed by atoms with Gasteiger partial charge in [-0.2, -0.15) is 15.0 Å². The number of H-pyrrole nitrogens is 2. The van der Waals surface area contributed by atoms with E-state index in [4.69, 9.17) is 22.9 Å². The monoisotopic (exact) mass is 755 g/mol. The van der Waals surface area contributed by atoms with Gasteiger partial charge < -0.3 is 46.2 Å². The second kappa shape index (κ2) is 16.8. The van der Waals surface area contributed by atoms with Crippen molar-refractivity contribution in [3.8, 4) is 0 Å². The van der Waals surface area contributed by atoms with Crippen LogP contribution in [0.4, 0.5) is 23.4 Å². The zero-order valence-corrected chi connectivity index (χ0v) is 31.3. The van der Waals surface area contributed by atoms with E-state index < -0.39 is 0 Å². The highest BCUT2D eigenvalue weighted by Gasteiger charge is 2.13. The maximum absolute atomic E-state index is 11.4. The first-order chi connectivity index (χ1) is 25.6. The lowest BCUT2D eigenvalue weighted by molar-refractivity contribution is 0.612. The number of hydrogen-bond donors (Lipinski definition) is 6. The van der Waals surface area contributed by atoms with Crippen LogP contribution in [0.2, 0.25) is 0 Å². The Morgan fingerprint density at radius 2 is 1.00 bits per heavy atom. The second-order valence-corrected chi connectivity index (χ2v) is 13.2. The molecule has 55 heavy (non-hydrogen) atoms. The average molecular weight is 756 g/mol. The number of nitrogens with zero attached hydrogens (tertiary/aromatic N) is 13. The summed E-state index contributed by atoms with van der Waals surface area (Å²) in [4.78, 5) is 64.1. The van der Waals surface area contributed by atoms with Gasteiger partial charge in [-0.25, -0.2) is 29.9 Å². The van der Waals surface area contributed by atoms with Gasteiger partial charge in [0.25, 0.3) is 11.1 Å². The molecule has 8 aromatic heterocycles. The Balaban J connectivity index is 0.000000162. The highest BCUT2D eigenvalue weighted by molar-refractivity contribution is 5.84. The lowest BCUT2D eigenvalue weighted by atomic mass is 10.3. The summed E-state index contributed by atoms with van der Waals surface area (Å²) in [5, 5.41) is 0. The molecule has 0 aromatic carbocycles. The molecule has 0 aliphatic carbocycles. The standard InChI is InChI=1S/C9H12N4.C8H12N6.C8H11N5O.C8H10N4O.CH4/c1-6(2)13-5-12-8-7(10)3-4-11-9(8)13;1-4(2)14-3-11-5-6(9)12-8(10)13-7(5)14;1-4(2)13-3-10-5-6(13)11-8(9)12-7(5)14;1-5(2)12-4-11-6-7(12)9-3-10-8(6)13;/h3-6H,1-2H3,(H2,10,11);3-4H,1-2H3,(H4,9,10,12,13);3-4H,1-2H3,(H3,9,11,12,14);3-5H,1-2H3,(H,9,10,13);1H4. The third kappa shape index (κ3) is 8.66. The summed E-state index contributed by atoms with van der Waals surface area (Å²) in [6.07, 6.45) is 9.80. The normalized spacial score (nSPS) is 11.1. The molecule has 0 aliphatic rings. The van der Waals surface area contributed by atoms with Gasteiger partial charge in [0.2, 0.25) is 11.9 Å². The van der Waals surface area contributed by atoms with Crippen molar-refractivity contribution < 1.29 is 0 Å². The largest absolute Gasteiger partial charge is 0.397 e. The molecule has 21 nitrogen and oxygen atoms in total. The molecule has 0 aliphatic heterocycles. The van der Waals surface area contributed by atoms with Crippen molar-refractivity contribution in [2.45, 2.75) is 87.0 Å². The molecule has 8 aromatic rings. The first kappa shape index (κ1) is 40.8. The number of hydrogen-bond acceptors (Lipinski definition) is 15. The molecule has 8 heterocycles. The zero-order chi connectivity index (χ0) is 39.4. The van der Waals surface area contributed by atoms with Gasteiger partial charge in [0, 0.05) is 30.4 Å². The van der Waals surface area contributed by atoms with E-state index in [0.29, 0.717) is 51.0 Å². The molecule has 10 N–H and O–H groups in total. The van der Waals surface area contributed by atoms with Gasteiger partial charge >= 0.3 is 0 Å². The first-order valence-electron chi connectivity index (χ1n) is 17.0. The first-order valence-corrected chi connectivity index (χ1v) is 17.0. The predicted octanol–water partition coefficient (Wildman–Crippen LogP) is 3.79. The number of nitrogens with two attached hydrogens (primary N) is 4. The molecule has 0 unspecified atom stereocenters. The molecular formula is C34H49N19O2. The topological polar surface area (TPSA) is 306 Å². The van der Waals surface area contributed by atoms with E-state index in [1.165, 1.54) is 6.33 Å². The van der Waals surface area contributed by atoms with Crippen LogP contribution in [-0.2, 0) is 0 Å². The Morgan fingerprint density at radius 3 is 1.55 bits per heavy atom. The molecule has 0 amide bonds. The number of pyridine rings is 1. The summed E-state index contributed by atoms with van der Waals surface area (Å²) in [5.74, 6) is 0.620. The quantitative estimate of drug-likeness (QED) is 0.149. The molecule has 21 heteroatoms. The van der Waals surface area contributed by atoms with Crippen LogP contribution in [0.25, 0.3) is 44.7 Å². The number of nitrogen functional groups attached to an aromatic ring is 4. The summed E-state index contributed by atoms with van der Waals surface area (Å²) in [5.41, 5.74) is 27.4. The van der Waals surface area contributed by atoms with Crippen molar-refractivity contribution in [1.29, 1.82) is 0 Å². The maximum Gasteiger partial charge on any atom is 0.280 e. The van der Waals surface area contributed by atoms with Crippen LogP contribution in [0.1, 0.15) is 87.0 Å². The summed E-state index contributed by atoms with van der Waals surface area (Å²) in [7, 11) is 0. The third-order valence-corrected chi connectivity index (χ3v) is 8.00. The van der Waals surface area contributed by atoms with Crippen molar-refractivity contribution in [2.24, 2.45) is 0 Å². The van der Waals surface area contributed by atoms with Crippen LogP contribution in [-0.4, -0.2) is 73.1 Å². The summed E-state index contributed by atoms with van der Waals surface area (Å²) in [6, 6.07) is 2.86. The predicted molar refractivity (Wildman–Crippen MR) is 215 cm³/mol. The Labute approximate surface area is 315 Å². The Bertz CT molecular complexity index is 2640. The Kier molecular flexibility index (Phi) is 12.5. The van der Waals surface area contributed by atoms with Gasteiger partial charge in [0.1, 0.15) is 11.0 Å². The lowest BCUT2D eigenvalue weighted by Crippen LogP contribution is -2.12. The maximum atomic E-state index is 11.4. The van der Waals surface area contributed by atoms with Crippen LogP contribution >= 0.6 is 0 Å². The number of rotatable bonds is 4. The van der Waals surface area contributed by atoms with Crippen LogP contribution in [0.3, 0.4) is 0 Å². The molecule has 0 bridgehead atoms. The number of anilines is 4. The Hall–Kier alpha value is -6.93. The fraction of sp³-hybridized carbons (Fsp3) is 0.382. The highest BCUT2D eigenvalue weighted by atomic mass is 16.1. The molecule has 292 valence electrons. The van der Waals surface area contributed by atoms with E-state index in [2.05, 4.69) is 68.7 Å².